The van der Waals surface area contributed by atoms with Gasteiger partial charge in [-0.3, -0.25) is 14.8 Å². The molecule has 0 radical (unpaired) electrons. The SMILES string of the molecule is O=C(c1ccc2c(c1)CC[C@@]1(CCNC1=O)C2)N(O)Cc1cccc(F)c1. The summed E-state index contributed by atoms with van der Waals surface area (Å²) in [7, 11) is 0. The number of amides is 2. The van der Waals surface area contributed by atoms with Gasteiger partial charge in [0, 0.05) is 12.1 Å². The Kier molecular flexibility index (Phi) is 4.44. The lowest BCUT2D eigenvalue weighted by Crippen LogP contribution is -2.36. The number of carbonyl (C=O) groups excluding carboxylic acids is 2. The van der Waals surface area contributed by atoms with E-state index in [2.05, 4.69) is 5.32 Å². The van der Waals surface area contributed by atoms with Crippen molar-refractivity contribution < 1.29 is 19.2 Å². The van der Waals surface area contributed by atoms with Crippen molar-refractivity contribution in [2.24, 2.45) is 5.41 Å². The first-order valence-corrected chi connectivity index (χ1v) is 9.12. The van der Waals surface area contributed by atoms with Gasteiger partial charge in [-0.1, -0.05) is 18.2 Å². The molecule has 140 valence electrons. The highest BCUT2D eigenvalue weighted by molar-refractivity contribution is 5.94. The van der Waals surface area contributed by atoms with E-state index in [1.54, 1.807) is 18.2 Å². The highest BCUT2D eigenvalue weighted by Gasteiger charge is 2.44. The molecule has 1 atom stereocenters. The van der Waals surface area contributed by atoms with Crippen LogP contribution in [0.3, 0.4) is 0 Å². The lowest BCUT2D eigenvalue weighted by Gasteiger charge is -2.32. The third kappa shape index (κ3) is 3.32. The first kappa shape index (κ1) is 17.7. The first-order valence-electron chi connectivity index (χ1n) is 9.12. The van der Waals surface area contributed by atoms with Gasteiger partial charge in [0.05, 0.1) is 12.0 Å². The lowest BCUT2D eigenvalue weighted by atomic mass is 9.70. The van der Waals surface area contributed by atoms with Gasteiger partial charge in [-0.2, -0.15) is 0 Å². The molecule has 0 bridgehead atoms. The number of hydroxylamine groups is 2. The van der Waals surface area contributed by atoms with Crippen LogP contribution in [0.15, 0.2) is 42.5 Å². The maximum absolute atomic E-state index is 13.3. The van der Waals surface area contributed by atoms with Crippen molar-refractivity contribution in [1.82, 2.24) is 10.4 Å². The third-order valence-electron chi connectivity index (χ3n) is 5.68. The van der Waals surface area contributed by atoms with Gasteiger partial charge in [0.1, 0.15) is 5.82 Å². The summed E-state index contributed by atoms with van der Waals surface area (Å²) < 4.78 is 13.3. The van der Waals surface area contributed by atoms with E-state index < -0.39 is 11.7 Å². The molecule has 5 nitrogen and oxygen atoms in total. The predicted octanol–water partition coefficient (Wildman–Crippen LogP) is 2.85. The molecule has 27 heavy (non-hydrogen) atoms. The van der Waals surface area contributed by atoms with E-state index in [1.165, 1.54) is 18.2 Å². The van der Waals surface area contributed by atoms with Crippen LogP contribution in [0.25, 0.3) is 0 Å². The van der Waals surface area contributed by atoms with Crippen LogP contribution in [0.2, 0.25) is 0 Å². The van der Waals surface area contributed by atoms with E-state index in [0.717, 1.165) is 36.9 Å². The quantitative estimate of drug-likeness (QED) is 0.647. The molecule has 2 N–H and O–H groups in total. The van der Waals surface area contributed by atoms with Crippen LogP contribution in [0.4, 0.5) is 4.39 Å². The van der Waals surface area contributed by atoms with Crippen molar-refractivity contribution >= 4 is 11.8 Å². The van der Waals surface area contributed by atoms with Crippen molar-refractivity contribution in [3.63, 3.8) is 0 Å². The molecule has 1 aliphatic carbocycles. The molecule has 1 fully saturated rings. The van der Waals surface area contributed by atoms with Gasteiger partial charge in [0.2, 0.25) is 5.91 Å². The summed E-state index contributed by atoms with van der Waals surface area (Å²) in [6.45, 7) is 0.640. The summed E-state index contributed by atoms with van der Waals surface area (Å²) in [4.78, 5) is 24.7. The normalized spacial score (nSPS) is 21.0. The minimum atomic E-state index is -0.527. The van der Waals surface area contributed by atoms with E-state index in [4.69, 9.17) is 0 Å². The molecule has 2 amide bonds. The van der Waals surface area contributed by atoms with Crippen LogP contribution in [0.1, 0.15) is 39.9 Å². The van der Waals surface area contributed by atoms with Crippen molar-refractivity contribution in [3.05, 3.63) is 70.5 Å². The maximum atomic E-state index is 13.3. The van der Waals surface area contributed by atoms with Gasteiger partial charge < -0.3 is 5.32 Å². The fourth-order valence-electron chi connectivity index (χ4n) is 4.14. The Balaban J connectivity index is 1.50. The first-order chi connectivity index (χ1) is 13.0. The molecule has 4 rings (SSSR count). The monoisotopic (exact) mass is 368 g/mol. The summed E-state index contributed by atoms with van der Waals surface area (Å²) in [6, 6.07) is 11.2. The van der Waals surface area contributed by atoms with Gasteiger partial charge in [-0.25, -0.2) is 9.45 Å². The molecule has 1 aliphatic heterocycles. The number of halogens is 1. The Morgan fingerprint density at radius 2 is 2.04 bits per heavy atom. The third-order valence-corrected chi connectivity index (χ3v) is 5.68. The summed E-state index contributed by atoms with van der Waals surface area (Å²) in [6.07, 6.45) is 3.05. The molecule has 1 spiro atoms. The van der Waals surface area contributed by atoms with E-state index in [0.29, 0.717) is 22.6 Å². The van der Waals surface area contributed by atoms with Gasteiger partial charge in [-0.05, 0) is 66.6 Å². The number of hydrogen-bond acceptors (Lipinski definition) is 3. The Hall–Kier alpha value is -2.73. The second-order valence-electron chi connectivity index (χ2n) is 7.44. The Morgan fingerprint density at radius 1 is 1.19 bits per heavy atom. The number of rotatable bonds is 3. The van der Waals surface area contributed by atoms with Crippen molar-refractivity contribution in [1.29, 1.82) is 0 Å². The molecule has 6 heteroatoms. The smallest absolute Gasteiger partial charge is 0.277 e. The van der Waals surface area contributed by atoms with Crippen LogP contribution in [0, 0.1) is 11.2 Å². The van der Waals surface area contributed by atoms with Crippen molar-refractivity contribution in [2.75, 3.05) is 6.54 Å². The number of fused-ring (bicyclic) bond motifs is 1. The van der Waals surface area contributed by atoms with E-state index in [1.807, 2.05) is 6.07 Å². The average Bonchev–Trinajstić information content (AvgIpc) is 3.00. The number of hydrogen-bond donors (Lipinski definition) is 2. The highest BCUT2D eigenvalue weighted by atomic mass is 19.1. The fraction of sp³-hybridized carbons (Fsp3) is 0.333. The molecule has 2 aliphatic rings. The Labute approximate surface area is 156 Å². The summed E-state index contributed by atoms with van der Waals surface area (Å²) in [5.41, 5.74) is 2.73. The van der Waals surface area contributed by atoms with E-state index in [-0.39, 0.29) is 17.9 Å². The molecule has 2 aromatic rings. The highest BCUT2D eigenvalue weighted by Crippen LogP contribution is 2.41. The molecular formula is C21H21FN2O3. The molecule has 0 unspecified atom stereocenters. The average molecular weight is 368 g/mol. The maximum Gasteiger partial charge on any atom is 0.277 e. The second kappa shape index (κ2) is 6.78. The lowest BCUT2D eigenvalue weighted by molar-refractivity contribution is -0.128. The van der Waals surface area contributed by atoms with Crippen molar-refractivity contribution in [2.45, 2.75) is 32.2 Å². The molecule has 0 saturated carbocycles. The van der Waals surface area contributed by atoms with E-state index >= 15 is 0 Å². The fourth-order valence-corrected chi connectivity index (χ4v) is 4.14. The zero-order valence-electron chi connectivity index (χ0n) is 14.9. The Bertz CT molecular complexity index is 914. The second-order valence-corrected chi connectivity index (χ2v) is 7.44. The van der Waals surface area contributed by atoms with Crippen LogP contribution in [0.5, 0.6) is 0 Å². The molecular weight excluding hydrogens is 347 g/mol. The topological polar surface area (TPSA) is 69.6 Å². The largest absolute Gasteiger partial charge is 0.356 e. The predicted molar refractivity (Wildman–Crippen MR) is 96.6 cm³/mol. The Morgan fingerprint density at radius 3 is 2.78 bits per heavy atom. The number of carbonyl (C=O) groups is 2. The summed E-state index contributed by atoms with van der Waals surface area (Å²) >= 11 is 0. The van der Waals surface area contributed by atoms with Gasteiger partial charge >= 0.3 is 0 Å². The summed E-state index contributed by atoms with van der Waals surface area (Å²) in [5, 5.41) is 13.7. The van der Waals surface area contributed by atoms with Crippen LogP contribution in [-0.4, -0.2) is 28.6 Å². The van der Waals surface area contributed by atoms with Crippen LogP contribution in [-0.2, 0) is 24.2 Å². The zero-order valence-corrected chi connectivity index (χ0v) is 14.9. The molecule has 1 heterocycles. The van der Waals surface area contributed by atoms with Gasteiger partial charge in [0.15, 0.2) is 0 Å². The summed E-state index contributed by atoms with van der Waals surface area (Å²) in [5.74, 6) is -0.808. The van der Waals surface area contributed by atoms with Gasteiger partial charge in [0.25, 0.3) is 5.91 Å². The van der Waals surface area contributed by atoms with Crippen LogP contribution < -0.4 is 5.32 Å². The zero-order chi connectivity index (χ0) is 19.0. The molecule has 0 aromatic heterocycles. The molecule has 2 aromatic carbocycles. The minimum absolute atomic E-state index is 0.0863. The standard InChI is InChI=1S/C21H21FN2O3/c22-18-3-1-2-14(10-18)13-24(27)19(25)16-4-5-17-12-21(7-6-15(17)11-16)8-9-23-20(21)26/h1-5,10-11,27H,6-9,12-13H2,(H,23,26)/t21-/m1/s1. The number of nitrogens with zero attached hydrogens (tertiary/aromatic N) is 1. The number of nitrogens with one attached hydrogen (secondary N) is 1. The van der Waals surface area contributed by atoms with Crippen molar-refractivity contribution in [3.8, 4) is 0 Å². The molecule has 1 saturated heterocycles. The number of benzene rings is 2. The van der Waals surface area contributed by atoms with E-state index in [9.17, 15) is 19.2 Å². The minimum Gasteiger partial charge on any atom is -0.356 e. The van der Waals surface area contributed by atoms with Crippen LogP contribution >= 0.6 is 0 Å². The van der Waals surface area contributed by atoms with Gasteiger partial charge in [-0.15, -0.1) is 0 Å². The number of aryl methyl sites for hydroxylation is 1.